The normalized spacial score (nSPS) is 37.7. The molecule has 2 bridgehead atoms. The average Bonchev–Trinajstić information content (AvgIpc) is 3.45. The fourth-order valence-corrected chi connectivity index (χ4v) is 6.12. The average molecular weight is 370 g/mol. The first kappa shape index (κ1) is 17.0. The number of carbonyl (C=O) groups is 3. The molecule has 4 atom stereocenters. The molecule has 0 unspecified atom stereocenters. The molecule has 0 radical (unpaired) electrons. The summed E-state index contributed by atoms with van der Waals surface area (Å²) in [4.78, 5) is 39.9. The maximum Gasteiger partial charge on any atom is 0.233 e. The summed E-state index contributed by atoms with van der Waals surface area (Å²) in [5, 5.41) is 2.93. The van der Waals surface area contributed by atoms with Crippen LogP contribution in [0.5, 0.6) is 0 Å². The predicted octanol–water partition coefficient (Wildman–Crippen LogP) is 2.49. The molecule has 6 nitrogen and oxygen atoms in total. The van der Waals surface area contributed by atoms with E-state index in [0.717, 1.165) is 50.7 Å². The van der Waals surface area contributed by atoms with E-state index in [1.165, 1.54) is 0 Å². The zero-order valence-electron chi connectivity index (χ0n) is 15.4. The number of nitrogens with zero attached hydrogens (tertiary/aromatic N) is 1. The van der Waals surface area contributed by atoms with Gasteiger partial charge < -0.3 is 9.73 Å². The van der Waals surface area contributed by atoms with Crippen LogP contribution in [0.1, 0.15) is 50.7 Å². The summed E-state index contributed by atoms with van der Waals surface area (Å²) >= 11 is 0. The standard InChI is InChI=1S/C21H26N2O4/c24-19(22-11-16-2-1-9-27-16)12-5-7-15(8-6-12)23-20(25)17-13-3-4-14(10-13)18(17)21(23)26/h1-2,9,12-15,17-18H,3-8,10-11H2,(H,22,24)/t12?,13-,14-,15?,17-,18-/m0/s1. The Morgan fingerprint density at radius 2 is 1.70 bits per heavy atom. The predicted molar refractivity (Wildman–Crippen MR) is 96.0 cm³/mol. The quantitative estimate of drug-likeness (QED) is 0.826. The van der Waals surface area contributed by atoms with E-state index in [1.54, 1.807) is 17.2 Å². The number of hydrogen-bond acceptors (Lipinski definition) is 4. The van der Waals surface area contributed by atoms with Crippen LogP contribution in [0.15, 0.2) is 22.8 Å². The van der Waals surface area contributed by atoms with E-state index in [0.29, 0.717) is 18.4 Å². The second-order valence-corrected chi connectivity index (χ2v) is 8.73. The number of rotatable bonds is 4. The minimum absolute atomic E-state index is 0.0101. The Hall–Kier alpha value is -2.11. The molecule has 0 spiro atoms. The minimum atomic E-state index is -0.0419. The summed E-state index contributed by atoms with van der Waals surface area (Å²) in [6.45, 7) is 0.404. The van der Waals surface area contributed by atoms with Crippen molar-refractivity contribution in [1.29, 1.82) is 0 Å². The Bertz CT molecular complexity index is 722. The van der Waals surface area contributed by atoms with E-state index in [-0.39, 0.29) is 41.5 Å². The lowest BCUT2D eigenvalue weighted by atomic mass is 9.81. The van der Waals surface area contributed by atoms with Crippen LogP contribution < -0.4 is 5.32 Å². The van der Waals surface area contributed by atoms with Crippen LogP contribution in [0, 0.1) is 29.6 Å². The van der Waals surface area contributed by atoms with Gasteiger partial charge in [-0.3, -0.25) is 19.3 Å². The summed E-state index contributed by atoms with van der Waals surface area (Å²) < 4.78 is 5.24. The molecule has 1 N–H and O–H groups in total. The Balaban J connectivity index is 1.18. The fourth-order valence-electron chi connectivity index (χ4n) is 6.12. The third-order valence-corrected chi connectivity index (χ3v) is 7.41. The second kappa shape index (κ2) is 6.50. The first-order valence-corrected chi connectivity index (χ1v) is 10.3. The van der Waals surface area contributed by atoms with Gasteiger partial charge in [-0.05, 0) is 68.9 Å². The molecule has 1 saturated heterocycles. The highest BCUT2D eigenvalue weighted by atomic mass is 16.3. The SMILES string of the molecule is O=C(NCc1ccco1)C1CCC(N2C(=O)[C@H]3[C@H]4CC[C@@H](C4)[C@@H]3C2=O)CC1. The number of imide groups is 1. The van der Waals surface area contributed by atoms with Gasteiger partial charge >= 0.3 is 0 Å². The van der Waals surface area contributed by atoms with Gasteiger partial charge in [-0.2, -0.15) is 0 Å². The molecule has 4 fully saturated rings. The van der Waals surface area contributed by atoms with Crippen molar-refractivity contribution in [3.63, 3.8) is 0 Å². The van der Waals surface area contributed by atoms with Crippen LogP contribution in [0.3, 0.4) is 0 Å². The molecule has 4 aliphatic rings. The Morgan fingerprint density at radius 1 is 1.04 bits per heavy atom. The van der Waals surface area contributed by atoms with Gasteiger partial charge in [0, 0.05) is 12.0 Å². The number of hydrogen-bond donors (Lipinski definition) is 1. The molecule has 6 heteroatoms. The molecule has 27 heavy (non-hydrogen) atoms. The zero-order valence-corrected chi connectivity index (χ0v) is 15.4. The van der Waals surface area contributed by atoms with E-state index >= 15 is 0 Å². The van der Waals surface area contributed by atoms with E-state index < -0.39 is 0 Å². The maximum atomic E-state index is 13.0. The van der Waals surface area contributed by atoms with Crippen molar-refractivity contribution < 1.29 is 18.8 Å². The summed E-state index contributed by atoms with van der Waals surface area (Å²) in [5.41, 5.74) is 0. The van der Waals surface area contributed by atoms with Crippen molar-refractivity contribution in [1.82, 2.24) is 10.2 Å². The van der Waals surface area contributed by atoms with E-state index in [4.69, 9.17) is 4.42 Å². The highest BCUT2D eigenvalue weighted by molar-refractivity contribution is 6.06. The van der Waals surface area contributed by atoms with Gasteiger partial charge in [-0.25, -0.2) is 0 Å². The lowest BCUT2D eigenvalue weighted by molar-refractivity contribution is -0.144. The van der Waals surface area contributed by atoms with Crippen molar-refractivity contribution in [2.24, 2.45) is 29.6 Å². The molecule has 1 aromatic rings. The summed E-state index contributed by atoms with van der Waals surface area (Å²) in [6, 6.07) is 3.63. The Labute approximate surface area is 158 Å². The summed E-state index contributed by atoms with van der Waals surface area (Å²) in [7, 11) is 0. The molecule has 5 rings (SSSR count). The number of nitrogens with one attached hydrogen (secondary N) is 1. The number of fused-ring (bicyclic) bond motifs is 5. The van der Waals surface area contributed by atoms with E-state index in [9.17, 15) is 14.4 Å². The van der Waals surface area contributed by atoms with E-state index in [1.807, 2.05) is 6.07 Å². The van der Waals surface area contributed by atoms with Crippen LogP contribution >= 0.6 is 0 Å². The van der Waals surface area contributed by atoms with Crippen molar-refractivity contribution >= 4 is 17.7 Å². The molecule has 3 saturated carbocycles. The lowest BCUT2D eigenvalue weighted by Crippen LogP contribution is -2.45. The molecular weight excluding hydrogens is 344 g/mol. The summed E-state index contributed by atoms with van der Waals surface area (Å²) in [5.74, 6) is 1.71. The van der Waals surface area contributed by atoms with Gasteiger partial charge in [0.25, 0.3) is 0 Å². The van der Waals surface area contributed by atoms with Crippen LogP contribution in [0.4, 0.5) is 0 Å². The highest BCUT2D eigenvalue weighted by Gasteiger charge is 2.61. The number of likely N-dealkylation sites (tertiary alicyclic amines) is 1. The minimum Gasteiger partial charge on any atom is -0.467 e. The zero-order chi connectivity index (χ0) is 18.5. The molecule has 3 aliphatic carbocycles. The number of furan rings is 1. The Morgan fingerprint density at radius 3 is 2.30 bits per heavy atom. The van der Waals surface area contributed by atoms with Crippen molar-refractivity contribution in [2.75, 3.05) is 0 Å². The van der Waals surface area contributed by atoms with Crippen molar-refractivity contribution in [2.45, 2.75) is 57.5 Å². The molecule has 144 valence electrons. The fraction of sp³-hybridized carbons (Fsp3) is 0.667. The van der Waals surface area contributed by atoms with Gasteiger partial charge in [0.15, 0.2) is 0 Å². The van der Waals surface area contributed by atoms with Crippen LogP contribution in [-0.4, -0.2) is 28.7 Å². The second-order valence-electron chi connectivity index (χ2n) is 8.73. The topological polar surface area (TPSA) is 79.6 Å². The third-order valence-electron chi connectivity index (χ3n) is 7.41. The molecule has 0 aromatic carbocycles. The van der Waals surface area contributed by atoms with Gasteiger partial charge in [-0.1, -0.05) is 0 Å². The first-order chi connectivity index (χ1) is 13.1. The number of amides is 3. The highest BCUT2D eigenvalue weighted by Crippen LogP contribution is 2.56. The van der Waals surface area contributed by atoms with Crippen LogP contribution in [0.2, 0.25) is 0 Å². The Kier molecular flexibility index (Phi) is 4.10. The number of carbonyl (C=O) groups excluding carboxylic acids is 3. The molecule has 2 heterocycles. The third kappa shape index (κ3) is 2.72. The van der Waals surface area contributed by atoms with Gasteiger partial charge in [0.1, 0.15) is 5.76 Å². The smallest absolute Gasteiger partial charge is 0.233 e. The maximum absolute atomic E-state index is 13.0. The van der Waals surface area contributed by atoms with Crippen molar-refractivity contribution in [3.8, 4) is 0 Å². The summed E-state index contributed by atoms with van der Waals surface area (Å²) in [6.07, 6.45) is 7.84. The van der Waals surface area contributed by atoms with Crippen molar-refractivity contribution in [3.05, 3.63) is 24.2 Å². The van der Waals surface area contributed by atoms with Gasteiger partial charge in [-0.15, -0.1) is 0 Å². The van der Waals surface area contributed by atoms with Crippen LogP contribution in [-0.2, 0) is 20.9 Å². The van der Waals surface area contributed by atoms with Gasteiger partial charge in [0.05, 0.1) is 24.6 Å². The van der Waals surface area contributed by atoms with Crippen LogP contribution in [0.25, 0.3) is 0 Å². The largest absolute Gasteiger partial charge is 0.467 e. The lowest BCUT2D eigenvalue weighted by Gasteiger charge is -2.33. The molecular formula is C21H26N2O4. The monoisotopic (exact) mass is 370 g/mol. The molecule has 1 aromatic heterocycles. The molecule has 3 amide bonds. The first-order valence-electron chi connectivity index (χ1n) is 10.3. The van der Waals surface area contributed by atoms with Gasteiger partial charge in [0.2, 0.25) is 17.7 Å². The molecule has 1 aliphatic heterocycles. The van der Waals surface area contributed by atoms with E-state index in [2.05, 4.69) is 5.32 Å².